The van der Waals surface area contributed by atoms with Gasteiger partial charge in [0.25, 0.3) is 0 Å². The van der Waals surface area contributed by atoms with Crippen molar-refractivity contribution in [3.8, 4) is 0 Å². The maximum absolute atomic E-state index is 13.3. The van der Waals surface area contributed by atoms with Crippen LogP contribution in [-0.2, 0) is 0 Å². The van der Waals surface area contributed by atoms with Crippen molar-refractivity contribution in [3.05, 3.63) is 71.8 Å². The first-order valence-electron chi connectivity index (χ1n) is 6.98. The molecule has 1 saturated carbocycles. The molecule has 0 saturated heterocycles. The maximum Gasteiger partial charge on any atom is 0.407 e. The van der Waals surface area contributed by atoms with Gasteiger partial charge in [-0.1, -0.05) is 60.7 Å². The van der Waals surface area contributed by atoms with Gasteiger partial charge in [-0.3, -0.25) is 5.32 Å². The molecule has 4 heteroatoms. The average Bonchev–Trinajstić information content (AvgIpc) is 3.25. The van der Waals surface area contributed by atoms with Crippen molar-refractivity contribution >= 4 is 0 Å². The van der Waals surface area contributed by atoms with E-state index in [2.05, 4.69) is 5.32 Å². The highest BCUT2D eigenvalue weighted by molar-refractivity contribution is 5.29. The van der Waals surface area contributed by atoms with Crippen LogP contribution in [0.5, 0.6) is 0 Å². The van der Waals surface area contributed by atoms with E-state index in [1.165, 1.54) is 12.1 Å². The van der Waals surface area contributed by atoms with Gasteiger partial charge in [-0.2, -0.15) is 13.2 Å². The van der Waals surface area contributed by atoms with Gasteiger partial charge in [0, 0.05) is 12.0 Å². The zero-order chi connectivity index (χ0) is 14.9. The number of hydrogen-bond donors (Lipinski definition) is 1. The van der Waals surface area contributed by atoms with E-state index in [0.717, 1.165) is 12.0 Å². The molecule has 1 fully saturated rings. The van der Waals surface area contributed by atoms with Crippen molar-refractivity contribution in [2.45, 2.75) is 30.6 Å². The van der Waals surface area contributed by atoms with E-state index >= 15 is 0 Å². The Balaban J connectivity index is 1.73. The highest BCUT2D eigenvalue weighted by atomic mass is 19.4. The maximum atomic E-state index is 13.3. The summed E-state index contributed by atoms with van der Waals surface area (Å²) in [6, 6.07) is 16.0. The first kappa shape index (κ1) is 14.1. The van der Waals surface area contributed by atoms with E-state index < -0.39 is 12.2 Å². The van der Waals surface area contributed by atoms with Gasteiger partial charge in [-0.25, -0.2) is 0 Å². The number of halogens is 3. The highest BCUT2D eigenvalue weighted by Crippen LogP contribution is 2.44. The first-order chi connectivity index (χ1) is 10.1. The molecule has 0 heterocycles. The Kier molecular flexibility index (Phi) is 3.72. The molecule has 0 amide bonds. The molecular weight excluding hydrogens is 275 g/mol. The van der Waals surface area contributed by atoms with Crippen molar-refractivity contribution in [1.29, 1.82) is 0 Å². The molecule has 1 aliphatic rings. The second kappa shape index (κ2) is 5.53. The molecule has 110 valence electrons. The van der Waals surface area contributed by atoms with Crippen LogP contribution >= 0.6 is 0 Å². The third kappa shape index (κ3) is 3.27. The lowest BCUT2D eigenvalue weighted by molar-refractivity contribution is -0.158. The van der Waals surface area contributed by atoms with Crippen LogP contribution in [0.3, 0.4) is 0 Å². The van der Waals surface area contributed by atoms with E-state index in [1.807, 2.05) is 30.3 Å². The summed E-state index contributed by atoms with van der Waals surface area (Å²) >= 11 is 0. The summed E-state index contributed by atoms with van der Waals surface area (Å²) in [5.74, 6) is 0.180. The van der Waals surface area contributed by atoms with Crippen molar-refractivity contribution in [2.24, 2.45) is 0 Å². The molecule has 0 aliphatic heterocycles. The van der Waals surface area contributed by atoms with Gasteiger partial charge in [0.2, 0.25) is 0 Å². The van der Waals surface area contributed by atoms with Gasteiger partial charge in [0.1, 0.15) is 6.04 Å². The monoisotopic (exact) mass is 291 g/mol. The van der Waals surface area contributed by atoms with Gasteiger partial charge in [-0.05, 0) is 17.5 Å². The minimum atomic E-state index is -4.29. The molecule has 0 radical (unpaired) electrons. The third-order valence-electron chi connectivity index (χ3n) is 3.86. The molecule has 21 heavy (non-hydrogen) atoms. The van der Waals surface area contributed by atoms with Gasteiger partial charge in [0.05, 0.1) is 0 Å². The standard InChI is InChI=1S/C17H16F3N/c18-17(19,20)16(13-9-5-2-6-10-13)21-15-11-14(15)12-7-3-1-4-8-12/h1-10,14-16,21H,11H2. The number of benzene rings is 2. The average molecular weight is 291 g/mol. The number of nitrogens with one attached hydrogen (secondary N) is 1. The first-order valence-corrected chi connectivity index (χ1v) is 6.98. The summed E-state index contributed by atoms with van der Waals surface area (Å²) in [4.78, 5) is 0. The molecule has 1 N–H and O–H groups in total. The molecule has 1 aliphatic carbocycles. The second-order valence-corrected chi connectivity index (χ2v) is 5.41. The third-order valence-corrected chi connectivity index (χ3v) is 3.86. The minimum absolute atomic E-state index is 0.112. The summed E-state index contributed by atoms with van der Waals surface area (Å²) < 4.78 is 39.8. The van der Waals surface area contributed by atoms with Crippen LogP contribution in [-0.4, -0.2) is 12.2 Å². The molecule has 3 unspecified atom stereocenters. The Hall–Kier alpha value is -1.81. The number of alkyl halides is 3. The Bertz CT molecular complexity index is 580. The number of rotatable bonds is 4. The Labute approximate surface area is 121 Å². The van der Waals surface area contributed by atoms with Crippen LogP contribution in [0.1, 0.15) is 29.5 Å². The Morgan fingerprint density at radius 2 is 1.48 bits per heavy atom. The molecule has 3 atom stereocenters. The fourth-order valence-electron chi connectivity index (χ4n) is 2.69. The fourth-order valence-corrected chi connectivity index (χ4v) is 2.69. The Morgan fingerprint density at radius 3 is 2.05 bits per heavy atom. The topological polar surface area (TPSA) is 12.0 Å². The van der Waals surface area contributed by atoms with Crippen LogP contribution in [0.25, 0.3) is 0 Å². The van der Waals surface area contributed by atoms with Gasteiger partial charge in [-0.15, -0.1) is 0 Å². The summed E-state index contributed by atoms with van der Waals surface area (Å²) in [6.45, 7) is 0. The SMILES string of the molecule is FC(F)(F)C(NC1CC1c1ccccc1)c1ccccc1. The zero-order valence-corrected chi connectivity index (χ0v) is 11.3. The van der Waals surface area contributed by atoms with Gasteiger partial charge >= 0.3 is 6.18 Å². The van der Waals surface area contributed by atoms with Crippen molar-refractivity contribution in [1.82, 2.24) is 5.32 Å². The molecule has 0 bridgehead atoms. The predicted octanol–water partition coefficient (Wildman–Crippen LogP) is 4.44. The van der Waals surface area contributed by atoms with Gasteiger partial charge < -0.3 is 0 Å². The number of hydrogen-bond acceptors (Lipinski definition) is 1. The van der Waals surface area contributed by atoms with Crippen LogP contribution in [0.15, 0.2) is 60.7 Å². The van der Waals surface area contributed by atoms with Crippen LogP contribution in [0.2, 0.25) is 0 Å². The normalized spacial score (nSPS) is 22.8. The highest BCUT2D eigenvalue weighted by Gasteiger charge is 2.47. The van der Waals surface area contributed by atoms with Crippen molar-refractivity contribution in [3.63, 3.8) is 0 Å². The van der Waals surface area contributed by atoms with Crippen LogP contribution < -0.4 is 5.32 Å². The van der Waals surface area contributed by atoms with Gasteiger partial charge in [0.15, 0.2) is 0 Å². The second-order valence-electron chi connectivity index (χ2n) is 5.41. The molecular formula is C17H16F3N. The smallest absolute Gasteiger partial charge is 0.299 e. The van der Waals surface area contributed by atoms with E-state index in [0.29, 0.717) is 0 Å². The van der Waals surface area contributed by atoms with Crippen molar-refractivity contribution in [2.75, 3.05) is 0 Å². The Morgan fingerprint density at radius 1 is 0.905 bits per heavy atom. The zero-order valence-electron chi connectivity index (χ0n) is 11.3. The van der Waals surface area contributed by atoms with E-state index in [4.69, 9.17) is 0 Å². The van der Waals surface area contributed by atoms with Crippen molar-refractivity contribution < 1.29 is 13.2 Å². The lowest BCUT2D eigenvalue weighted by atomic mass is 10.1. The summed E-state index contributed by atoms with van der Waals surface area (Å²) in [7, 11) is 0. The molecule has 0 spiro atoms. The molecule has 2 aromatic carbocycles. The summed E-state index contributed by atoms with van der Waals surface area (Å²) in [5.41, 5.74) is 1.37. The summed E-state index contributed by atoms with van der Waals surface area (Å²) in [5, 5.41) is 2.77. The molecule has 3 rings (SSSR count). The van der Waals surface area contributed by atoms with E-state index in [-0.39, 0.29) is 17.5 Å². The van der Waals surface area contributed by atoms with E-state index in [9.17, 15) is 13.2 Å². The molecule has 2 aromatic rings. The lowest BCUT2D eigenvalue weighted by Gasteiger charge is -2.22. The predicted molar refractivity (Wildman–Crippen MR) is 76.0 cm³/mol. The molecule has 1 nitrogen and oxygen atoms in total. The molecule has 0 aromatic heterocycles. The quantitative estimate of drug-likeness (QED) is 0.878. The minimum Gasteiger partial charge on any atom is -0.299 e. The van der Waals surface area contributed by atoms with Crippen LogP contribution in [0.4, 0.5) is 13.2 Å². The van der Waals surface area contributed by atoms with Crippen LogP contribution in [0, 0.1) is 0 Å². The fraction of sp³-hybridized carbons (Fsp3) is 0.294. The largest absolute Gasteiger partial charge is 0.407 e. The summed E-state index contributed by atoms with van der Waals surface area (Å²) in [6.07, 6.45) is -3.53. The van der Waals surface area contributed by atoms with E-state index in [1.54, 1.807) is 18.2 Å². The lowest BCUT2D eigenvalue weighted by Crippen LogP contribution is -2.36.